The molecule has 1 aliphatic rings. The zero-order valence-corrected chi connectivity index (χ0v) is 18.0. The van der Waals surface area contributed by atoms with E-state index in [1.54, 1.807) is 12.1 Å². The Hall–Kier alpha value is -3.64. The smallest absolute Gasteiger partial charge is 0.251 e. The van der Waals surface area contributed by atoms with Gasteiger partial charge in [-0.2, -0.15) is 0 Å². The molecule has 6 heteroatoms. The summed E-state index contributed by atoms with van der Waals surface area (Å²) < 4.78 is 0. The lowest BCUT2D eigenvalue weighted by Crippen LogP contribution is -2.46. The van der Waals surface area contributed by atoms with Gasteiger partial charge in [-0.25, -0.2) is 0 Å². The maximum absolute atomic E-state index is 13.4. The number of anilines is 2. The predicted molar refractivity (Wildman–Crippen MR) is 128 cm³/mol. The van der Waals surface area contributed by atoms with Gasteiger partial charge in [-0.3, -0.25) is 9.59 Å². The summed E-state index contributed by atoms with van der Waals surface area (Å²) in [5.41, 5.74) is 3.26. The normalized spacial score (nSPS) is 14.4. The van der Waals surface area contributed by atoms with E-state index < -0.39 is 6.04 Å². The molecular weight excluding hydrogens is 400 g/mol. The molecule has 1 atom stereocenters. The van der Waals surface area contributed by atoms with Crippen molar-refractivity contribution in [3.05, 3.63) is 96.1 Å². The van der Waals surface area contributed by atoms with Crippen LogP contribution in [0.5, 0.6) is 0 Å². The molecule has 4 rings (SSSR count). The molecule has 2 amide bonds. The van der Waals surface area contributed by atoms with Gasteiger partial charge in [-0.1, -0.05) is 60.7 Å². The van der Waals surface area contributed by atoms with Crippen LogP contribution in [0.15, 0.2) is 84.9 Å². The first-order valence-electron chi connectivity index (χ1n) is 11.0. The number of benzene rings is 3. The lowest BCUT2D eigenvalue weighted by atomic mass is 10.0. The van der Waals surface area contributed by atoms with E-state index in [0.29, 0.717) is 12.0 Å². The van der Waals surface area contributed by atoms with Gasteiger partial charge in [0.1, 0.15) is 6.04 Å². The Kier molecular flexibility index (Phi) is 7.15. The Morgan fingerprint density at radius 2 is 1.47 bits per heavy atom. The number of carbonyl (C=O) groups excluding carboxylic acids is 2. The van der Waals surface area contributed by atoms with Crippen molar-refractivity contribution < 1.29 is 9.59 Å². The second-order valence-corrected chi connectivity index (χ2v) is 7.83. The van der Waals surface area contributed by atoms with E-state index >= 15 is 0 Å². The fourth-order valence-corrected chi connectivity index (χ4v) is 3.87. The monoisotopic (exact) mass is 428 g/mol. The highest BCUT2D eigenvalue weighted by molar-refractivity contribution is 6.02. The first-order chi connectivity index (χ1) is 15.7. The minimum atomic E-state index is -0.707. The largest absolute Gasteiger partial charge is 0.367 e. The lowest BCUT2D eigenvalue weighted by molar-refractivity contribution is -0.118. The maximum Gasteiger partial charge on any atom is 0.251 e. The van der Waals surface area contributed by atoms with Crippen LogP contribution in [-0.4, -0.2) is 44.0 Å². The number of rotatable bonds is 7. The standard InChI is InChI=1S/C26H28N4O2/c31-25(21-11-5-2-6-12-21)29-23(19-20-9-3-1-4-10-20)26(32)28-22-13-7-8-14-24(22)30-17-15-27-16-18-30/h1-14,23,27H,15-19H2,(H,28,32)(H,29,31). The third-order valence-corrected chi connectivity index (χ3v) is 5.56. The average Bonchev–Trinajstić information content (AvgIpc) is 2.85. The number of hydrogen-bond donors (Lipinski definition) is 3. The van der Waals surface area contributed by atoms with Crippen molar-refractivity contribution in [3.63, 3.8) is 0 Å². The van der Waals surface area contributed by atoms with Crippen molar-refractivity contribution in [2.75, 3.05) is 36.4 Å². The summed E-state index contributed by atoms with van der Waals surface area (Å²) in [7, 11) is 0. The molecule has 1 saturated heterocycles. The summed E-state index contributed by atoms with van der Waals surface area (Å²) in [5.74, 6) is -0.502. The molecule has 0 spiro atoms. The van der Waals surface area contributed by atoms with Crippen LogP contribution in [0.3, 0.4) is 0 Å². The Morgan fingerprint density at radius 1 is 0.844 bits per heavy atom. The Bertz CT molecular complexity index is 1030. The summed E-state index contributed by atoms with van der Waals surface area (Å²) in [5, 5.41) is 9.35. The van der Waals surface area contributed by atoms with Crippen LogP contribution in [0, 0.1) is 0 Å². The van der Waals surface area contributed by atoms with Gasteiger partial charge in [-0.15, -0.1) is 0 Å². The predicted octanol–water partition coefficient (Wildman–Crippen LogP) is 3.08. The highest BCUT2D eigenvalue weighted by atomic mass is 16.2. The van der Waals surface area contributed by atoms with Crippen LogP contribution >= 0.6 is 0 Å². The number of para-hydroxylation sites is 2. The Labute approximate surface area is 188 Å². The second-order valence-electron chi connectivity index (χ2n) is 7.83. The fraction of sp³-hybridized carbons (Fsp3) is 0.231. The molecule has 1 heterocycles. The zero-order chi connectivity index (χ0) is 22.2. The summed E-state index contributed by atoms with van der Waals surface area (Å²) in [4.78, 5) is 28.4. The summed E-state index contributed by atoms with van der Waals surface area (Å²) in [6.07, 6.45) is 0.404. The minimum Gasteiger partial charge on any atom is -0.367 e. The Balaban J connectivity index is 1.54. The van der Waals surface area contributed by atoms with Crippen molar-refractivity contribution in [1.29, 1.82) is 0 Å². The lowest BCUT2D eigenvalue weighted by Gasteiger charge is -2.31. The molecule has 1 unspecified atom stereocenters. The van der Waals surface area contributed by atoms with Gasteiger partial charge in [0.15, 0.2) is 0 Å². The van der Waals surface area contributed by atoms with Gasteiger partial charge in [0, 0.05) is 38.2 Å². The molecule has 164 valence electrons. The van der Waals surface area contributed by atoms with E-state index in [2.05, 4.69) is 20.9 Å². The van der Waals surface area contributed by atoms with E-state index in [4.69, 9.17) is 0 Å². The van der Waals surface area contributed by atoms with Crippen LogP contribution in [0.1, 0.15) is 15.9 Å². The molecule has 3 aromatic carbocycles. The van der Waals surface area contributed by atoms with Crippen molar-refractivity contribution in [2.24, 2.45) is 0 Å². The van der Waals surface area contributed by atoms with Crippen molar-refractivity contribution in [1.82, 2.24) is 10.6 Å². The summed E-state index contributed by atoms with van der Waals surface area (Å²) in [6.45, 7) is 3.58. The molecule has 1 fully saturated rings. The molecule has 3 aromatic rings. The topological polar surface area (TPSA) is 73.5 Å². The van der Waals surface area contributed by atoms with Crippen LogP contribution in [0.2, 0.25) is 0 Å². The first kappa shape index (κ1) is 21.6. The fourth-order valence-electron chi connectivity index (χ4n) is 3.87. The number of nitrogens with zero attached hydrogens (tertiary/aromatic N) is 1. The van der Waals surface area contributed by atoms with E-state index in [1.165, 1.54) is 0 Å². The molecule has 0 saturated carbocycles. The zero-order valence-electron chi connectivity index (χ0n) is 18.0. The Morgan fingerprint density at radius 3 is 2.19 bits per heavy atom. The molecule has 0 radical (unpaired) electrons. The average molecular weight is 429 g/mol. The van der Waals surface area contributed by atoms with Gasteiger partial charge in [-0.05, 0) is 29.8 Å². The quantitative estimate of drug-likeness (QED) is 0.541. The highest BCUT2D eigenvalue weighted by Gasteiger charge is 2.24. The molecule has 1 aliphatic heterocycles. The minimum absolute atomic E-state index is 0.235. The van der Waals surface area contributed by atoms with Crippen LogP contribution in [0.4, 0.5) is 11.4 Å². The van der Waals surface area contributed by atoms with Crippen LogP contribution in [-0.2, 0) is 11.2 Å². The van der Waals surface area contributed by atoms with Gasteiger partial charge in [0.2, 0.25) is 5.91 Å². The van der Waals surface area contributed by atoms with E-state index in [-0.39, 0.29) is 11.8 Å². The van der Waals surface area contributed by atoms with Gasteiger partial charge in [0.05, 0.1) is 11.4 Å². The molecule has 3 N–H and O–H groups in total. The molecule has 0 bridgehead atoms. The SMILES string of the molecule is O=C(NC(Cc1ccccc1)C(=O)Nc1ccccc1N1CCNCC1)c1ccccc1. The van der Waals surface area contributed by atoms with E-state index in [9.17, 15) is 9.59 Å². The third kappa shape index (κ3) is 5.53. The number of hydrogen-bond acceptors (Lipinski definition) is 4. The molecule has 32 heavy (non-hydrogen) atoms. The number of amides is 2. The first-order valence-corrected chi connectivity index (χ1v) is 11.0. The van der Waals surface area contributed by atoms with Crippen LogP contribution in [0.25, 0.3) is 0 Å². The van der Waals surface area contributed by atoms with Crippen molar-refractivity contribution in [3.8, 4) is 0 Å². The third-order valence-electron chi connectivity index (χ3n) is 5.56. The summed E-state index contributed by atoms with van der Waals surface area (Å²) >= 11 is 0. The van der Waals surface area contributed by atoms with Gasteiger partial charge in [0.25, 0.3) is 5.91 Å². The highest BCUT2D eigenvalue weighted by Crippen LogP contribution is 2.26. The van der Waals surface area contributed by atoms with E-state index in [0.717, 1.165) is 43.1 Å². The van der Waals surface area contributed by atoms with E-state index in [1.807, 2.05) is 72.8 Å². The molecular formula is C26H28N4O2. The molecule has 0 aromatic heterocycles. The summed E-state index contributed by atoms with van der Waals surface area (Å²) in [6, 6.07) is 25.8. The maximum atomic E-state index is 13.4. The second kappa shape index (κ2) is 10.6. The van der Waals surface area contributed by atoms with Crippen LogP contribution < -0.4 is 20.9 Å². The van der Waals surface area contributed by atoms with Crippen molar-refractivity contribution >= 4 is 23.2 Å². The molecule has 6 nitrogen and oxygen atoms in total. The number of nitrogens with one attached hydrogen (secondary N) is 3. The number of carbonyl (C=O) groups is 2. The number of piperazine rings is 1. The van der Waals surface area contributed by atoms with Gasteiger partial charge >= 0.3 is 0 Å². The van der Waals surface area contributed by atoms with Crippen molar-refractivity contribution in [2.45, 2.75) is 12.5 Å². The molecule has 0 aliphatic carbocycles. The van der Waals surface area contributed by atoms with Gasteiger partial charge < -0.3 is 20.9 Å².